The minimum atomic E-state index is -0.139. The quantitative estimate of drug-likeness (QED) is 0.891. The Morgan fingerprint density at radius 2 is 2.05 bits per heavy atom. The number of nitrogens with zero attached hydrogens (tertiary/aromatic N) is 1. The van der Waals surface area contributed by atoms with Crippen LogP contribution in [0.5, 0.6) is 0 Å². The van der Waals surface area contributed by atoms with Crippen molar-refractivity contribution in [3.8, 4) is 0 Å². The molecule has 0 aliphatic heterocycles. The third-order valence-electron chi connectivity index (χ3n) is 3.44. The summed E-state index contributed by atoms with van der Waals surface area (Å²) in [5.74, 6) is 0.585. The molecule has 5 heteroatoms. The van der Waals surface area contributed by atoms with Crippen LogP contribution in [0.3, 0.4) is 0 Å². The lowest BCUT2D eigenvalue weighted by molar-refractivity contribution is 0.0946. The normalized spacial score (nSPS) is 11.4. The molecule has 0 saturated heterocycles. The van der Waals surface area contributed by atoms with E-state index in [0.717, 1.165) is 16.6 Å². The van der Waals surface area contributed by atoms with Gasteiger partial charge in [0.1, 0.15) is 11.5 Å². The van der Waals surface area contributed by atoms with Crippen molar-refractivity contribution in [2.75, 3.05) is 25.2 Å². The van der Waals surface area contributed by atoms with Crippen LogP contribution in [-0.4, -0.2) is 35.5 Å². The summed E-state index contributed by atoms with van der Waals surface area (Å²) < 4.78 is 0.0122. The van der Waals surface area contributed by atoms with E-state index in [0.29, 0.717) is 12.2 Å². The van der Waals surface area contributed by atoms with E-state index < -0.39 is 0 Å². The standard InChI is InChI=1S/C16H21N3OS/c1-16(2,21-4)10-18-15(20)13-9-11-7-5-6-8-12(11)14(17-3)19-13/h5-9H,10H2,1-4H3,(H,17,19)(H,18,20). The number of amides is 1. The molecular weight excluding hydrogens is 282 g/mol. The van der Waals surface area contributed by atoms with E-state index in [4.69, 9.17) is 0 Å². The number of carbonyl (C=O) groups is 1. The monoisotopic (exact) mass is 303 g/mol. The number of fused-ring (bicyclic) bond motifs is 1. The van der Waals surface area contributed by atoms with Crippen LogP contribution in [0.2, 0.25) is 0 Å². The number of hydrogen-bond donors (Lipinski definition) is 2. The molecule has 0 aliphatic rings. The Labute approximate surface area is 129 Å². The number of benzene rings is 1. The third kappa shape index (κ3) is 3.67. The Bertz CT molecular complexity index is 655. The van der Waals surface area contributed by atoms with Crippen LogP contribution < -0.4 is 10.6 Å². The molecule has 1 amide bonds. The zero-order valence-electron chi connectivity index (χ0n) is 12.9. The van der Waals surface area contributed by atoms with Gasteiger partial charge in [0.15, 0.2) is 0 Å². The summed E-state index contributed by atoms with van der Waals surface area (Å²) in [6.45, 7) is 4.81. The number of nitrogens with one attached hydrogen (secondary N) is 2. The highest BCUT2D eigenvalue weighted by molar-refractivity contribution is 7.99. The van der Waals surface area contributed by atoms with Crippen molar-refractivity contribution < 1.29 is 4.79 Å². The molecule has 1 heterocycles. The van der Waals surface area contributed by atoms with E-state index in [1.54, 1.807) is 11.8 Å². The summed E-state index contributed by atoms with van der Waals surface area (Å²) in [7, 11) is 1.81. The molecular formula is C16H21N3OS. The van der Waals surface area contributed by atoms with Crippen LogP contribution in [0.4, 0.5) is 5.82 Å². The van der Waals surface area contributed by atoms with E-state index in [-0.39, 0.29) is 10.7 Å². The molecule has 0 aliphatic carbocycles. The largest absolute Gasteiger partial charge is 0.373 e. The number of anilines is 1. The number of thioether (sulfide) groups is 1. The first kappa shape index (κ1) is 15.6. The highest BCUT2D eigenvalue weighted by Gasteiger charge is 2.18. The van der Waals surface area contributed by atoms with Crippen molar-refractivity contribution >= 4 is 34.3 Å². The summed E-state index contributed by atoms with van der Waals surface area (Å²) >= 11 is 1.73. The topological polar surface area (TPSA) is 54.0 Å². The molecule has 0 fully saturated rings. The van der Waals surface area contributed by atoms with Crippen LogP contribution in [-0.2, 0) is 0 Å². The van der Waals surface area contributed by atoms with Crippen molar-refractivity contribution in [3.63, 3.8) is 0 Å². The highest BCUT2D eigenvalue weighted by atomic mass is 32.2. The first-order valence-electron chi connectivity index (χ1n) is 6.88. The smallest absolute Gasteiger partial charge is 0.270 e. The fourth-order valence-electron chi connectivity index (χ4n) is 1.96. The first-order chi connectivity index (χ1) is 9.96. The predicted octanol–water partition coefficient (Wildman–Crippen LogP) is 3.15. The average Bonchev–Trinajstić information content (AvgIpc) is 2.51. The molecule has 0 bridgehead atoms. The molecule has 1 aromatic carbocycles. The lowest BCUT2D eigenvalue weighted by atomic mass is 10.1. The van der Waals surface area contributed by atoms with Gasteiger partial charge >= 0.3 is 0 Å². The second-order valence-electron chi connectivity index (χ2n) is 5.47. The number of hydrogen-bond acceptors (Lipinski definition) is 4. The Morgan fingerprint density at radius 1 is 1.33 bits per heavy atom. The van der Waals surface area contributed by atoms with Crippen molar-refractivity contribution in [2.45, 2.75) is 18.6 Å². The molecule has 0 unspecified atom stereocenters. The van der Waals surface area contributed by atoms with Gasteiger partial charge in [-0.2, -0.15) is 11.8 Å². The molecule has 112 valence electrons. The molecule has 0 saturated carbocycles. The summed E-state index contributed by atoms with van der Waals surface area (Å²) in [5, 5.41) is 8.03. The van der Waals surface area contributed by atoms with Gasteiger partial charge in [0.25, 0.3) is 5.91 Å². The number of aromatic nitrogens is 1. The van der Waals surface area contributed by atoms with Crippen molar-refractivity contribution in [2.24, 2.45) is 0 Å². The molecule has 2 N–H and O–H groups in total. The molecule has 0 spiro atoms. The second kappa shape index (κ2) is 6.35. The average molecular weight is 303 g/mol. The van der Waals surface area contributed by atoms with Crippen LogP contribution in [0.15, 0.2) is 30.3 Å². The van der Waals surface area contributed by atoms with Gasteiger partial charge < -0.3 is 10.6 Å². The molecule has 4 nitrogen and oxygen atoms in total. The fourth-order valence-corrected chi connectivity index (χ4v) is 2.18. The van der Waals surface area contributed by atoms with Gasteiger partial charge in [-0.3, -0.25) is 4.79 Å². The Kier molecular flexibility index (Phi) is 4.73. The molecule has 0 atom stereocenters. The summed E-state index contributed by atoms with van der Waals surface area (Å²) in [5.41, 5.74) is 0.440. The number of rotatable bonds is 5. The molecule has 1 aromatic heterocycles. The van der Waals surface area contributed by atoms with E-state index in [9.17, 15) is 4.79 Å². The van der Waals surface area contributed by atoms with Gasteiger partial charge in [0.2, 0.25) is 0 Å². The molecule has 21 heavy (non-hydrogen) atoms. The van der Waals surface area contributed by atoms with Gasteiger partial charge in [-0.15, -0.1) is 0 Å². The maximum atomic E-state index is 12.3. The van der Waals surface area contributed by atoms with Gasteiger partial charge in [0.05, 0.1) is 0 Å². The summed E-state index contributed by atoms with van der Waals surface area (Å²) in [6, 6.07) is 9.73. The third-order valence-corrected chi connectivity index (χ3v) is 4.69. The number of pyridine rings is 1. The maximum Gasteiger partial charge on any atom is 0.270 e. The van der Waals surface area contributed by atoms with Crippen molar-refractivity contribution in [1.29, 1.82) is 0 Å². The van der Waals surface area contributed by atoms with Crippen LogP contribution in [0.1, 0.15) is 24.3 Å². The van der Waals surface area contributed by atoms with E-state index >= 15 is 0 Å². The Balaban J connectivity index is 2.27. The predicted molar refractivity (Wildman–Crippen MR) is 91.2 cm³/mol. The molecule has 2 rings (SSSR count). The van der Waals surface area contributed by atoms with Crippen LogP contribution in [0, 0.1) is 0 Å². The summed E-state index contributed by atoms with van der Waals surface area (Å²) in [6.07, 6.45) is 2.04. The van der Waals surface area contributed by atoms with Crippen molar-refractivity contribution in [1.82, 2.24) is 10.3 Å². The molecule has 0 radical (unpaired) electrons. The minimum absolute atomic E-state index is 0.0122. The van der Waals surface area contributed by atoms with Gasteiger partial charge in [-0.05, 0) is 31.6 Å². The second-order valence-corrected chi connectivity index (χ2v) is 6.99. The lowest BCUT2D eigenvalue weighted by Crippen LogP contribution is -2.36. The number of carbonyl (C=O) groups excluding carboxylic acids is 1. The first-order valence-corrected chi connectivity index (χ1v) is 8.10. The van der Waals surface area contributed by atoms with E-state index in [1.807, 2.05) is 43.6 Å². The Morgan fingerprint density at radius 3 is 2.71 bits per heavy atom. The molecule has 2 aromatic rings. The zero-order chi connectivity index (χ0) is 15.5. The Hall–Kier alpha value is -1.75. The zero-order valence-corrected chi connectivity index (χ0v) is 13.7. The maximum absolute atomic E-state index is 12.3. The van der Waals surface area contributed by atoms with Crippen LogP contribution in [0.25, 0.3) is 10.8 Å². The van der Waals surface area contributed by atoms with E-state index in [2.05, 4.69) is 29.5 Å². The van der Waals surface area contributed by atoms with Gasteiger partial charge in [0, 0.05) is 23.7 Å². The van der Waals surface area contributed by atoms with Gasteiger partial charge in [-0.1, -0.05) is 24.3 Å². The van der Waals surface area contributed by atoms with E-state index in [1.165, 1.54) is 0 Å². The minimum Gasteiger partial charge on any atom is -0.373 e. The highest BCUT2D eigenvalue weighted by Crippen LogP contribution is 2.23. The lowest BCUT2D eigenvalue weighted by Gasteiger charge is -2.22. The van der Waals surface area contributed by atoms with Gasteiger partial charge in [-0.25, -0.2) is 4.98 Å². The SMILES string of the molecule is CNc1nc(C(=O)NCC(C)(C)SC)cc2ccccc12. The van der Waals surface area contributed by atoms with Crippen molar-refractivity contribution in [3.05, 3.63) is 36.0 Å². The summed E-state index contributed by atoms with van der Waals surface area (Å²) in [4.78, 5) is 16.7. The fraction of sp³-hybridized carbons (Fsp3) is 0.375. The van der Waals surface area contributed by atoms with Crippen LogP contribution >= 0.6 is 11.8 Å².